The standard InChI is InChI=1S/C14H21NO3/c1-10-6-4-5-9-15(10)13(16)11-7-2-3-8-12(11)14(17)18/h2-3,10-12H,4-9H2,1H3,(H,17,18)/t10-,11+,12-/m0/s1. The number of carboxylic acid groups (broad SMARTS) is 1. The largest absolute Gasteiger partial charge is 0.481 e. The number of nitrogens with zero attached hydrogens (tertiary/aromatic N) is 1. The van der Waals surface area contributed by atoms with Crippen molar-refractivity contribution in [2.75, 3.05) is 6.54 Å². The monoisotopic (exact) mass is 251 g/mol. The van der Waals surface area contributed by atoms with Gasteiger partial charge < -0.3 is 10.0 Å². The van der Waals surface area contributed by atoms with Gasteiger partial charge in [0.05, 0.1) is 11.8 Å². The van der Waals surface area contributed by atoms with Gasteiger partial charge in [-0.05, 0) is 39.0 Å². The number of amides is 1. The van der Waals surface area contributed by atoms with E-state index in [0.29, 0.717) is 12.8 Å². The molecule has 1 N–H and O–H groups in total. The Kier molecular flexibility index (Phi) is 4.04. The number of rotatable bonds is 2. The van der Waals surface area contributed by atoms with Crippen molar-refractivity contribution in [1.82, 2.24) is 4.90 Å². The molecule has 2 aliphatic rings. The first-order valence-electron chi connectivity index (χ1n) is 6.79. The molecular formula is C14H21NO3. The molecule has 0 radical (unpaired) electrons. The van der Waals surface area contributed by atoms with E-state index in [1.54, 1.807) is 0 Å². The van der Waals surface area contributed by atoms with Gasteiger partial charge >= 0.3 is 5.97 Å². The Bertz CT molecular complexity index is 364. The third kappa shape index (κ3) is 2.57. The third-order valence-corrected chi connectivity index (χ3v) is 4.15. The number of hydrogen-bond donors (Lipinski definition) is 1. The first kappa shape index (κ1) is 13.1. The van der Waals surface area contributed by atoms with Gasteiger partial charge in [0.15, 0.2) is 0 Å². The molecule has 1 aliphatic carbocycles. The lowest BCUT2D eigenvalue weighted by Gasteiger charge is -2.37. The van der Waals surface area contributed by atoms with Gasteiger partial charge in [-0.2, -0.15) is 0 Å². The van der Waals surface area contributed by atoms with Gasteiger partial charge in [0.2, 0.25) is 5.91 Å². The summed E-state index contributed by atoms with van der Waals surface area (Å²) in [6, 6.07) is 0.256. The Morgan fingerprint density at radius 1 is 1.17 bits per heavy atom. The zero-order chi connectivity index (χ0) is 13.1. The van der Waals surface area contributed by atoms with E-state index < -0.39 is 11.9 Å². The number of likely N-dealkylation sites (tertiary alicyclic amines) is 1. The van der Waals surface area contributed by atoms with E-state index in [2.05, 4.69) is 6.92 Å². The number of carbonyl (C=O) groups excluding carboxylic acids is 1. The van der Waals surface area contributed by atoms with Crippen LogP contribution in [0.5, 0.6) is 0 Å². The molecule has 0 saturated carbocycles. The molecule has 1 saturated heterocycles. The second-order valence-corrected chi connectivity index (χ2v) is 5.37. The summed E-state index contributed by atoms with van der Waals surface area (Å²) in [7, 11) is 0. The first-order chi connectivity index (χ1) is 8.61. The Morgan fingerprint density at radius 3 is 2.44 bits per heavy atom. The molecule has 0 spiro atoms. The summed E-state index contributed by atoms with van der Waals surface area (Å²) < 4.78 is 0. The van der Waals surface area contributed by atoms with Crippen LogP contribution in [0.3, 0.4) is 0 Å². The molecule has 4 nitrogen and oxygen atoms in total. The lowest BCUT2D eigenvalue weighted by molar-refractivity contribution is -0.152. The van der Waals surface area contributed by atoms with Crippen molar-refractivity contribution in [3.63, 3.8) is 0 Å². The molecule has 100 valence electrons. The predicted octanol–water partition coefficient (Wildman–Crippen LogP) is 2.05. The maximum Gasteiger partial charge on any atom is 0.307 e. The summed E-state index contributed by atoms with van der Waals surface area (Å²) in [5.41, 5.74) is 0. The molecule has 0 aromatic carbocycles. The maximum absolute atomic E-state index is 12.5. The fraction of sp³-hybridized carbons (Fsp3) is 0.714. The van der Waals surface area contributed by atoms with Crippen molar-refractivity contribution in [2.24, 2.45) is 11.8 Å². The quantitative estimate of drug-likeness (QED) is 0.764. The molecule has 2 rings (SSSR count). The zero-order valence-electron chi connectivity index (χ0n) is 10.8. The molecule has 0 aromatic heterocycles. The van der Waals surface area contributed by atoms with Gasteiger partial charge in [-0.25, -0.2) is 0 Å². The maximum atomic E-state index is 12.5. The van der Waals surface area contributed by atoms with Crippen LogP contribution < -0.4 is 0 Å². The minimum absolute atomic E-state index is 0.0407. The summed E-state index contributed by atoms with van der Waals surface area (Å²) >= 11 is 0. The van der Waals surface area contributed by atoms with Crippen LogP contribution in [0.2, 0.25) is 0 Å². The molecule has 1 aliphatic heterocycles. The molecule has 0 bridgehead atoms. The minimum atomic E-state index is -0.845. The van der Waals surface area contributed by atoms with Crippen LogP contribution in [-0.2, 0) is 9.59 Å². The Hall–Kier alpha value is -1.32. The lowest BCUT2D eigenvalue weighted by atomic mass is 9.81. The summed E-state index contributed by atoms with van der Waals surface area (Å²) in [4.78, 5) is 25.6. The van der Waals surface area contributed by atoms with Gasteiger partial charge in [-0.1, -0.05) is 12.2 Å². The van der Waals surface area contributed by atoms with Crippen molar-refractivity contribution in [3.8, 4) is 0 Å². The number of allylic oxidation sites excluding steroid dienone is 2. The van der Waals surface area contributed by atoms with Gasteiger partial charge in [-0.15, -0.1) is 0 Å². The average molecular weight is 251 g/mol. The van der Waals surface area contributed by atoms with Gasteiger partial charge in [0, 0.05) is 12.6 Å². The fourth-order valence-electron chi connectivity index (χ4n) is 3.00. The Balaban J connectivity index is 2.11. The van der Waals surface area contributed by atoms with Crippen molar-refractivity contribution in [1.29, 1.82) is 0 Å². The van der Waals surface area contributed by atoms with Gasteiger partial charge in [-0.3, -0.25) is 9.59 Å². The van der Waals surface area contributed by atoms with Gasteiger partial charge in [0.25, 0.3) is 0 Å². The number of aliphatic carboxylic acids is 1. The molecule has 1 amide bonds. The number of hydrogen-bond acceptors (Lipinski definition) is 2. The molecule has 4 heteroatoms. The number of carboxylic acids is 1. The summed E-state index contributed by atoms with van der Waals surface area (Å²) in [6.45, 7) is 2.85. The van der Waals surface area contributed by atoms with Crippen LogP contribution in [0.25, 0.3) is 0 Å². The van der Waals surface area contributed by atoms with Gasteiger partial charge in [0.1, 0.15) is 0 Å². The minimum Gasteiger partial charge on any atom is -0.481 e. The summed E-state index contributed by atoms with van der Waals surface area (Å²) in [5, 5.41) is 9.22. The number of piperidine rings is 1. The van der Waals surface area contributed by atoms with E-state index in [-0.39, 0.29) is 17.9 Å². The topological polar surface area (TPSA) is 57.6 Å². The van der Waals surface area contributed by atoms with E-state index >= 15 is 0 Å². The van der Waals surface area contributed by atoms with Crippen molar-refractivity contribution >= 4 is 11.9 Å². The zero-order valence-corrected chi connectivity index (χ0v) is 10.8. The molecular weight excluding hydrogens is 230 g/mol. The lowest BCUT2D eigenvalue weighted by Crippen LogP contribution is -2.47. The number of carbonyl (C=O) groups is 2. The van der Waals surface area contributed by atoms with E-state index in [0.717, 1.165) is 25.8 Å². The second-order valence-electron chi connectivity index (χ2n) is 5.37. The predicted molar refractivity (Wildman–Crippen MR) is 68.0 cm³/mol. The second kappa shape index (κ2) is 5.55. The fourth-order valence-corrected chi connectivity index (χ4v) is 3.00. The first-order valence-corrected chi connectivity index (χ1v) is 6.79. The highest BCUT2D eigenvalue weighted by Gasteiger charge is 2.37. The van der Waals surface area contributed by atoms with Crippen LogP contribution in [0.4, 0.5) is 0 Å². The highest BCUT2D eigenvalue weighted by molar-refractivity contribution is 5.85. The summed E-state index contributed by atoms with van der Waals surface area (Å²) in [6.07, 6.45) is 8.10. The Morgan fingerprint density at radius 2 is 1.83 bits per heavy atom. The van der Waals surface area contributed by atoms with E-state index in [9.17, 15) is 14.7 Å². The van der Waals surface area contributed by atoms with Crippen LogP contribution >= 0.6 is 0 Å². The van der Waals surface area contributed by atoms with E-state index in [4.69, 9.17) is 0 Å². The molecule has 3 atom stereocenters. The molecule has 1 fully saturated rings. The normalized spacial score (nSPS) is 32.3. The molecule has 0 aromatic rings. The smallest absolute Gasteiger partial charge is 0.307 e. The van der Waals surface area contributed by atoms with Crippen molar-refractivity contribution in [2.45, 2.75) is 45.1 Å². The Labute approximate surface area is 108 Å². The highest BCUT2D eigenvalue weighted by atomic mass is 16.4. The van der Waals surface area contributed by atoms with Crippen LogP contribution in [0.15, 0.2) is 12.2 Å². The van der Waals surface area contributed by atoms with Crippen LogP contribution in [-0.4, -0.2) is 34.5 Å². The average Bonchev–Trinajstić information content (AvgIpc) is 2.38. The highest BCUT2D eigenvalue weighted by Crippen LogP contribution is 2.30. The molecule has 18 heavy (non-hydrogen) atoms. The molecule has 1 heterocycles. The third-order valence-electron chi connectivity index (χ3n) is 4.15. The summed E-state index contributed by atoms with van der Waals surface area (Å²) in [5.74, 6) is -1.72. The molecule has 0 unspecified atom stereocenters. The van der Waals surface area contributed by atoms with E-state index in [1.807, 2.05) is 17.1 Å². The van der Waals surface area contributed by atoms with E-state index in [1.165, 1.54) is 0 Å². The van der Waals surface area contributed by atoms with Crippen molar-refractivity contribution in [3.05, 3.63) is 12.2 Å². The van der Waals surface area contributed by atoms with Crippen molar-refractivity contribution < 1.29 is 14.7 Å². The SMILES string of the molecule is C[C@H]1CCCCN1C(=O)[C@@H]1CC=CC[C@@H]1C(=O)O. The van der Waals surface area contributed by atoms with Crippen LogP contribution in [0, 0.1) is 11.8 Å². The van der Waals surface area contributed by atoms with Crippen LogP contribution in [0.1, 0.15) is 39.0 Å².